The quantitative estimate of drug-likeness (QED) is 0.617. The predicted octanol–water partition coefficient (Wildman–Crippen LogP) is 2.24. The Kier molecular flexibility index (Phi) is 5.35. The van der Waals surface area contributed by atoms with Gasteiger partial charge in [0.1, 0.15) is 0 Å². The molecule has 0 aliphatic carbocycles. The molecule has 2 heterocycles. The largest absolute Gasteiger partial charge is 0.338 e. The first-order valence-electron chi connectivity index (χ1n) is 7.96. The average molecular weight is 395 g/mol. The number of piperidine rings is 1. The van der Waals surface area contributed by atoms with Gasteiger partial charge in [0.25, 0.3) is 11.6 Å². The normalized spacial score (nSPS) is 15.8. The van der Waals surface area contributed by atoms with E-state index in [0.717, 1.165) is 12.1 Å². The number of non-ortho nitro benzene ring substituents is 1. The number of hydrogen-bond acceptors (Lipinski definition) is 6. The number of carbonyl (C=O) groups excluding carboxylic acids is 1. The Labute approximate surface area is 154 Å². The monoisotopic (exact) mass is 395 g/mol. The fourth-order valence-electron chi connectivity index (χ4n) is 2.79. The Balaban J connectivity index is 1.59. The van der Waals surface area contributed by atoms with Gasteiger partial charge >= 0.3 is 0 Å². The van der Waals surface area contributed by atoms with Gasteiger partial charge in [0.05, 0.1) is 14.7 Å². The predicted molar refractivity (Wildman–Crippen MR) is 96.7 cm³/mol. The van der Waals surface area contributed by atoms with Crippen LogP contribution in [0.5, 0.6) is 0 Å². The second kappa shape index (κ2) is 7.52. The van der Waals surface area contributed by atoms with E-state index in [2.05, 4.69) is 4.72 Å². The molecule has 3 rings (SSSR count). The smallest absolute Gasteiger partial charge is 0.269 e. The SMILES string of the molecule is O=C(c1cccs1)N1CCC(NS(=O)(=O)c2ccc([N+](=O)[O-])cc2)CC1. The minimum Gasteiger partial charge on any atom is -0.338 e. The van der Waals surface area contributed by atoms with Crippen LogP contribution in [0.1, 0.15) is 22.5 Å². The maximum Gasteiger partial charge on any atom is 0.269 e. The molecule has 8 nitrogen and oxygen atoms in total. The first-order valence-corrected chi connectivity index (χ1v) is 10.3. The highest BCUT2D eigenvalue weighted by atomic mass is 32.2. The number of thiophene rings is 1. The maximum absolute atomic E-state index is 12.4. The van der Waals surface area contributed by atoms with Crippen molar-refractivity contribution in [1.82, 2.24) is 9.62 Å². The van der Waals surface area contributed by atoms with Gasteiger partial charge in [-0.2, -0.15) is 0 Å². The zero-order chi connectivity index (χ0) is 18.7. The van der Waals surface area contributed by atoms with Gasteiger partial charge in [0, 0.05) is 31.3 Å². The number of nitrogens with one attached hydrogen (secondary N) is 1. The number of nitro benzene ring substituents is 1. The summed E-state index contributed by atoms with van der Waals surface area (Å²) in [6, 6.07) is 8.08. The molecule has 0 bridgehead atoms. The van der Waals surface area contributed by atoms with Crippen LogP contribution in [0, 0.1) is 10.1 Å². The second-order valence-corrected chi connectivity index (χ2v) is 8.58. The molecule has 0 saturated carbocycles. The molecule has 1 saturated heterocycles. The van der Waals surface area contributed by atoms with Gasteiger partial charge in [0.2, 0.25) is 10.0 Å². The summed E-state index contributed by atoms with van der Waals surface area (Å²) in [5.74, 6) is -0.0309. The molecule has 10 heteroatoms. The minimum absolute atomic E-state index is 0.0137. The topological polar surface area (TPSA) is 110 Å². The summed E-state index contributed by atoms with van der Waals surface area (Å²) in [6.07, 6.45) is 1.03. The molecule has 1 aromatic heterocycles. The van der Waals surface area contributed by atoms with E-state index < -0.39 is 14.9 Å². The average Bonchev–Trinajstić information content (AvgIpc) is 3.16. The lowest BCUT2D eigenvalue weighted by molar-refractivity contribution is -0.384. The van der Waals surface area contributed by atoms with E-state index in [4.69, 9.17) is 0 Å². The molecule has 2 aromatic rings. The number of rotatable bonds is 5. The van der Waals surface area contributed by atoms with Gasteiger partial charge in [-0.1, -0.05) is 6.07 Å². The van der Waals surface area contributed by atoms with Crippen LogP contribution >= 0.6 is 11.3 Å². The summed E-state index contributed by atoms with van der Waals surface area (Å²) in [5, 5.41) is 12.5. The van der Waals surface area contributed by atoms with Crippen LogP contribution in [0.25, 0.3) is 0 Å². The first kappa shape index (κ1) is 18.5. The molecule has 0 unspecified atom stereocenters. The number of likely N-dealkylation sites (tertiary alicyclic amines) is 1. The van der Waals surface area contributed by atoms with Crippen molar-refractivity contribution in [2.45, 2.75) is 23.8 Å². The zero-order valence-corrected chi connectivity index (χ0v) is 15.3. The Morgan fingerprint density at radius 3 is 2.38 bits per heavy atom. The number of benzene rings is 1. The second-order valence-electron chi connectivity index (χ2n) is 5.92. The highest BCUT2D eigenvalue weighted by molar-refractivity contribution is 7.89. The number of nitrogens with zero attached hydrogens (tertiary/aromatic N) is 2. The van der Waals surface area contributed by atoms with Gasteiger partial charge in [-0.3, -0.25) is 14.9 Å². The summed E-state index contributed by atoms with van der Waals surface area (Å²) in [7, 11) is -3.76. The fraction of sp³-hybridized carbons (Fsp3) is 0.312. The highest BCUT2D eigenvalue weighted by Crippen LogP contribution is 2.20. The van der Waals surface area contributed by atoms with E-state index in [-0.39, 0.29) is 22.5 Å². The molecule has 1 fully saturated rings. The Morgan fingerprint density at radius 1 is 1.19 bits per heavy atom. The van der Waals surface area contributed by atoms with Crippen molar-refractivity contribution in [3.05, 3.63) is 56.8 Å². The third kappa shape index (κ3) is 4.09. The molecule has 1 aromatic carbocycles. The lowest BCUT2D eigenvalue weighted by Gasteiger charge is -2.32. The Hall–Kier alpha value is -2.30. The molecular weight excluding hydrogens is 378 g/mol. The number of carbonyl (C=O) groups is 1. The van der Waals surface area contributed by atoms with E-state index >= 15 is 0 Å². The van der Waals surface area contributed by atoms with Crippen molar-refractivity contribution in [1.29, 1.82) is 0 Å². The number of hydrogen-bond donors (Lipinski definition) is 1. The van der Waals surface area contributed by atoms with Gasteiger partial charge in [-0.25, -0.2) is 13.1 Å². The Bertz CT molecular complexity index is 886. The minimum atomic E-state index is -3.76. The molecule has 0 atom stereocenters. The van der Waals surface area contributed by atoms with Crippen LogP contribution in [-0.4, -0.2) is 43.3 Å². The number of sulfonamides is 1. The van der Waals surface area contributed by atoms with Crippen molar-refractivity contribution >= 4 is 33.0 Å². The van der Waals surface area contributed by atoms with Crippen LogP contribution < -0.4 is 4.72 Å². The third-order valence-corrected chi connectivity index (χ3v) is 6.59. The summed E-state index contributed by atoms with van der Waals surface area (Å²) < 4.78 is 27.5. The van der Waals surface area contributed by atoms with Crippen LogP contribution in [0.2, 0.25) is 0 Å². The summed E-state index contributed by atoms with van der Waals surface area (Å²) >= 11 is 1.39. The standard InChI is InChI=1S/C16H17N3O5S2/c20-16(15-2-1-11-25-15)18-9-7-12(8-10-18)17-26(23,24)14-5-3-13(4-6-14)19(21)22/h1-6,11-12,17H,7-10H2. The van der Waals surface area contributed by atoms with Crippen molar-refractivity contribution in [2.75, 3.05) is 13.1 Å². The molecular formula is C16H17N3O5S2. The highest BCUT2D eigenvalue weighted by Gasteiger charge is 2.27. The molecule has 0 spiro atoms. The molecule has 26 heavy (non-hydrogen) atoms. The maximum atomic E-state index is 12.4. The molecule has 1 aliphatic rings. The lowest BCUT2D eigenvalue weighted by atomic mass is 10.1. The molecule has 1 N–H and O–H groups in total. The fourth-order valence-corrected chi connectivity index (χ4v) is 4.79. The van der Waals surface area contributed by atoms with E-state index in [0.29, 0.717) is 30.8 Å². The van der Waals surface area contributed by atoms with Gasteiger partial charge in [-0.15, -0.1) is 11.3 Å². The van der Waals surface area contributed by atoms with E-state index in [1.165, 1.54) is 23.5 Å². The first-order chi connectivity index (χ1) is 12.4. The molecule has 1 amide bonds. The number of nitro groups is 1. The number of amides is 1. The van der Waals surface area contributed by atoms with Crippen LogP contribution in [-0.2, 0) is 10.0 Å². The molecule has 1 aliphatic heterocycles. The van der Waals surface area contributed by atoms with Crippen LogP contribution in [0.3, 0.4) is 0 Å². The van der Waals surface area contributed by atoms with Crippen molar-refractivity contribution in [3.63, 3.8) is 0 Å². The third-order valence-electron chi connectivity index (χ3n) is 4.19. The van der Waals surface area contributed by atoms with Gasteiger partial charge in [0.15, 0.2) is 0 Å². The Morgan fingerprint density at radius 2 is 1.85 bits per heavy atom. The zero-order valence-electron chi connectivity index (χ0n) is 13.7. The van der Waals surface area contributed by atoms with Crippen molar-refractivity contribution in [2.24, 2.45) is 0 Å². The summed E-state index contributed by atoms with van der Waals surface area (Å²) in [5.41, 5.74) is -0.163. The lowest BCUT2D eigenvalue weighted by Crippen LogP contribution is -2.46. The summed E-state index contributed by atoms with van der Waals surface area (Å²) in [6.45, 7) is 0.953. The van der Waals surface area contributed by atoms with E-state index in [1.54, 1.807) is 11.0 Å². The van der Waals surface area contributed by atoms with Crippen molar-refractivity contribution < 1.29 is 18.1 Å². The summed E-state index contributed by atoms with van der Waals surface area (Å²) in [4.78, 5) is 24.8. The van der Waals surface area contributed by atoms with Gasteiger partial charge < -0.3 is 4.90 Å². The van der Waals surface area contributed by atoms with Gasteiger partial charge in [-0.05, 0) is 36.4 Å². The van der Waals surface area contributed by atoms with E-state index in [1.807, 2.05) is 11.4 Å². The molecule has 138 valence electrons. The molecule has 0 radical (unpaired) electrons. The van der Waals surface area contributed by atoms with Crippen LogP contribution in [0.4, 0.5) is 5.69 Å². The van der Waals surface area contributed by atoms with Crippen molar-refractivity contribution in [3.8, 4) is 0 Å². The van der Waals surface area contributed by atoms with Crippen LogP contribution in [0.15, 0.2) is 46.7 Å². The van der Waals surface area contributed by atoms with E-state index in [9.17, 15) is 23.3 Å².